The Bertz CT molecular complexity index is 957. The number of amides is 1. The minimum absolute atomic E-state index is 0.00142. The number of likely N-dealkylation sites (tertiary alicyclic amines) is 1. The van der Waals surface area contributed by atoms with E-state index < -0.39 is 0 Å². The van der Waals surface area contributed by atoms with E-state index in [2.05, 4.69) is 24.0 Å². The Balaban J connectivity index is 1.47. The van der Waals surface area contributed by atoms with Crippen molar-refractivity contribution in [1.29, 1.82) is 0 Å². The van der Waals surface area contributed by atoms with Gasteiger partial charge in [0.2, 0.25) is 0 Å². The van der Waals surface area contributed by atoms with E-state index in [1.54, 1.807) is 6.07 Å². The number of aromatic nitrogens is 1. The van der Waals surface area contributed by atoms with Crippen molar-refractivity contribution in [1.82, 2.24) is 14.8 Å². The van der Waals surface area contributed by atoms with Crippen LogP contribution in [0.4, 0.5) is 4.39 Å². The van der Waals surface area contributed by atoms with Crippen LogP contribution in [0.2, 0.25) is 0 Å². The molecule has 3 saturated heterocycles. The van der Waals surface area contributed by atoms with Gasteiger partial charge in [-0.15, -0.1) is 0 Å². The van der Waals surface area contributed by atoms with Gasteiger partial charge in [0.1, 0.15) is 5.82 Å². The van der Waals surface area contributed by atoms with E-state index in [1.807, 2.05) is 17.9 Å². The lowest BCUT2D eigenvalue weighted by atomic mass is 9.73. The van der Waals surface area contributed by atoms with Gasteiger partial charge in [-0.3, -0.25) is 9.78 Å². The van der Waals surface area contributed by atoms with E-state index in [1.165, 1.54) is 12.1 Å². The molecule has 1 aromatic carbocycles. The molecule has 0 unspecified atom stereocenters. The molecule has 4 atom stereocenters. The Labute approximate surface area is 164 Å². The number of carbonyl (C=O) groups is 1. The Hall–Kier alpha value is -2.05. The van der Waals surface area contributed by atoms with Gasteiger partial charge in [-0.05, 0) is 52.1 Å². The standard InChI is InChI=1S/C22H26FN3O2/c1-13-8-16(15-5-4-14(23)9-19(15)24-13)21(27)26-11-18-17(10-25(2)3)20-6-7-22(18,12-26)28-20/h4-5,8-9,17-18,20H,6-7,10-12H2,1-3H3/t17-,18+,20+,22+/m0/s1. The first-order chi connectivity index (χ1) is 13.4. The van der Waals surface area contributed by atoms with Crippen LogP contribution in [0.25, 0.3) is 10.9 Å². The zero-order chi connectivity index (χ0) is 19.6. The minimum Gasteiger partial charge on any atom is -0.369 e. The number of aryl methyl sites for hydroxylation is 1. The average molecular weight is 383 g/mol. The predicted molar refractivity (Wildman–Crippen MR) is 105 cm³/mol. The first-order valence-electron chi connectivity index (χ1n) is 10.0. The van der Waals surface area contributed by atoms with Crippen LogP contribution in [0.15, 0.2) is 24.3 Å². The molecule has 0 radical (unpaired) electrons. The molecule has 1 aromatic heterocycles. The number of pyridine rings is 1. The van der Waals surface area contributed by atoms with Crippen LogP contribution in [0.1, 0.15) is 28.9 Å². The van der Waals surface area contributed by atoms with Gasteiger partial charge in [0.25, 0.3) is 5.91 Å². The fraction of sp³-hybridized carbons (Fsp3) is 0.545. The summed E-state index contributed by atoms with van der Waals surface area (Å²) in [6.07, 6.45) is 2.46. The second-order valence-corrected chi connectivity index (χ2v) is 8.95. The summed E-state index contributed by atoms with van der Waals surface area (Å²) < 4.78 is 20.1. The molecule has 5 nitrogen and oxygen atoms in total. The maximum absolute atomic E-state index is 13.7. The number of fused-ring (bicyclic) bond motifs is 2. The van der Waals surface area contributed by atoms with Crippen molar-refractivity contribution < 1.29 is 13.9 Å². The molecule has 0 N–H and O–H groups in total. The van der Waals surface area contributed by atoms with Crippen LogP contribution in [0.3, 0.4) is 0 Å². The quantitative estimate of drug-likeness (QED) is 0.818. The predicted octanol–water partition coefficient (Wildman–Crippen LogP) is 2.86. The van der Waals surface area contributed by atoms with Gasteiger partial charge in [-0.25, -0.2) is 4.39 Å². The Morgan fingerprint density at radius 3 is 3.00 bits per heavy atom. The number of ether oxygens (including phenoxy) is 1. The van der Waals surface area contributed by atoms with E-state index >= 15 is 0 Å². The molecule has 3 aliphatic rings. The van der Waals surface area contributed by atoms with Crippen molar-refractivity contribution in [3.8, 4) is 0 Å². The number of nitrogens with zero attached hydrogens (tertiary/aromatic N) is 3. The van der Waals surface area contributed by atoms with Gasteiger partial charge in [-0.1, -0.05) is 0 Å². The number of hydrogen-bond donors (Lipinski definition) is 0. The lowest BCUT2D eigenvalue weighted by molar-refractivity contribution is 0.00258. The summed E-state index contributed by atoms with van der Waals surface area (Å²) in [6.45, 7) is 4.23. The highest BCUT2D eigenvalue weighted by Gasteiger charge is 2.63. The normalized spacial score (nSPS) is 31.2. The van der Waals surface area contributed by atoms with E-state index in [-0.39, 0.29) is 17.3 Å². The number of hydrogen-bond acceptors (Lipinski definition) is 4. The second kappa shape index (κ2) is 6.22. The van der Waals surface area contributed by atoms with Gasteiger partial charge in [-0.2, -0.15) is 0 Å². The third-order valence-electron chi connectivity index (χ3n) is 6.78. The molecule has 148 valence electrons. The van der Waals surface area contributed by atoms with Crippen LogP contribution < -0.4 is 0 Å². The topological polar surface area (TPSA) is 45.7 Å². The van der Waals surface area contributed by atoms with Crippen molar-refractivity contribution >= 4 is 16.8 Å². The molecular weight excluding hydrogens is 357 g/mol. The maximum atomic E-state index is 13.7. The molecule has 6 heteroatoms. The van der Waals surface area contributed by atoms with Gasteiger partial charge < -0.3 is 14.5 Å². The van der Waals surface area contributed by atoms with E-state index in [4.69, 9.17) is 4.74 Å². The Morgan fingerprint density at radius 1 is 1.39 bits per heavy atom. The number of carbonyl (C=O) groups excluding carboxylic acids is 1. The lowest BCUT2D eigenvalue weighted by Crippen LogP contribution is -2.40. The van der Waals surface area contributed by atoms with Crippen LogP contribution >= 0.6 is 0 Å². The van der Waals surface area contributed by atoms with Crippen molar-refractivity contribution in [3.05, 3.63) is 41.3 Å². The van der Waals surface area contributed by atoms with Crippen LogP contribution in [-0.4, -0.2) is 66.1 Å². The average Bonchev–Trinajstić information content (AvgIpc) is 3.29. The monoisotopic (exact) mass is 383 g/mol. The molecule has 1 amide bonds. The van der Waals surface area contributed by atoms with Gasteiger partial charge in [0.05, 0.1) is 29.3 Å². The number of rotatable bonds is 3. The molecule has 5 rings (SSSR count). The van der Waals surface area contributed by atoms with Gasteiger partial charge >= 0.3 is 0 Å². The van der Waals surface area contributed by atoms with Crippen LogP contribution in [-0.2, 0) is 4.74 Å². The summed E-state index contributed by atoms with van der Waals surface area (Å²) in [5.74, 6) is 0.535. The zero-order valence-corrected chi connectivity index (χ0v) is 16.6. The summed E-state index contributed by atoms with van der Waals surface area (Å²) in [5.41, 5.74) is 1.69. The van der Waals surface area contributed by atoms with Crippen molar-refractivity contribution in [3.63, 3.8) is 0 Å². The van der Waals surface area contributed by atoms with E-state index in [9.17, 15) is 9.18 Å². The highest BCUT2D eigenvalue weighted by atomic mass is 19.1. The SMILES string of the molecule is Cc1cc(C(=O)N2C[C@@H]3[C@H](CN(C)C)[C@H]4CC[C@]3(C2)O4)c2ccc(F)cc2n1. The summed E-state index contributed by atoms with van der Waals surface area (Å²) in [6, 6.07) is 6.28. The largest absolute Gasteiger partial charge is 0.369 e. The van der Waals surface area contributed by atoms with Crippen molar-refractivity contribution in [2.45, 2.75) is 31.5 Å². The molecule has 0 aliphatic carbocycles. The van der Waals surface area contributed by atoms with Crippen LogP contribution in [0, 0.1) is 24.6 Å². The molecule has 4 heterocycles. The van der Waals surface area contributed by atoms with E-state index in [0.29, 0.717) is 41.0 Å². The lowest BCUT2D eigenvalue weighted by Gasteiger charge is -2.30. The first-order valence-corrected chi connectivity index (χ1v) is 10.0. The first kappa shape index (κ1) is 18.0. The molecule has 28 heavy (non-hydrogen) atoms. The van der Waals surface area contributed by atoms with E-state index in [0.717, 1.165) is 31.6 Å². The fourth-order valence-corrected chi connectivity index (χ4v) is 5.69. The smallest absolute Gasteiger partial charge is 0.254 e. The highest BCUT2D eigenvalue weighted by molar-refractivity contribution is 6.06. The molecule has 3 aliphatic heterocycles. The molecular formula is C22H26FN3O2. The second-order valence-electron chi connectivity index (χ2n) is 8.95. The Kier molecular flexibility index (Phi) is 4.00. The maximum Gasteiger partial charge on any atom is 0.254 e. The third kappa shape index (κ3) is 2.65. The summed E-state index contributed by atoms with van der Waals surface area (Å²) in [5, 5.41) is 0.710. The Morgan fingerprint density at radius 2 is 2.21 bits per heavy atom. The third-order valence-corrected chi connectivity index (χ3v) is 6.78. The molecule has 2 bridgehead atoms. The van der Waals surface area contributed by atoms with Crippen LogP contribution in [0.5, 0.6) is 0 Å². The summed E-state index contributed by atoms with van der Waals surface area (Å²) >= 11 is 0. The highest BCUT2D eigenvalue weighted by Crippen LogP contribution is 2.55. The zero-order valence-electron chi connectivity index (χ0n) is 16.6. The number of halogens is 1. The van der Waals surface area contributed by atoms with Gasteiger partial charge in [0.15, 0.2) is 0 Å². The molecule has 0 saturated carbocycles. The molecule has 2 aromatic rings. The minimum atomic E-state index is -0.337. The van der Waals surface area contributed by atoms with Gasteiger partial charge in [0, 0.05) is 42.1 Å². The molecule has 1 spiro atoms. The number of benzene rings is 1. The fourth-order valence-electron chi connectivity index (χ4n) is 5.69. The molecule has 3 fully saturated rings. The summed E-state index contributed by atoms with van der Waals surface area (Å²) in [4.78, 5) is 22.0. The van der Waals surface area contributed by atoms with Crippen molar-refractivity contribution in [2.24, 2.45) is 11.8 Å². The van der Waals surface area contributed by atoms with Crippen molar-refractivity contribution in [2.75, 3.05) is 33.7 Å². The summed E-state index contributed by atoms with van der Waals surface area (Å²) in [7, 11) is 4.20.